The Morgan fingerprint density at radius 3 is 1.00 bits per heavy atom. The molecule has 0 amide bonds. The molecule has 2 N–H and O–H groups in total. The van der Waals surface area contributed by atoms with Gasteiger partial charge >= 0.3 is 59.1 Å². The first-order chi connectivity index (χ1) is 3.83. The van der Waals surface area contributed by atoms with Crippen LogP contribution < -0.4 is 59.1 Å². The zero-order chi connectivity index (χ0) is 7.41. The molecule has 0 saturated carbocycles. The SMILES string of the molecule is C=O.O=NO.O=NO.[H-].[H-].[Na+].[Na+]. The first-order valence-corrected chi connectivity index (χ1v) is 1.05. The average Bonchev–Trinajstić information content (AvgIpc) is 1.75. The summed E-state index contributed by atoms with van der Waals surface area (Å²) >= 11 is 0. The van der Waals surface area contributed by atoms with E-state index >= 15 is 0 Å². The van der Waals surface area contributed by atoms with Crippen molar-refractivity contribution in [1.29, 1.82) is 0 Å². The van der Waals surface area contributed by atoms with Gasteiger partial charge in [-0.2, -0.15) is 0 Å². The molecule has 0 unspecified atom stereocenters. The maximum absolute atomic E-state index is 8.11. The van der Waals surface area contributed by atoms with E-state index in [0.29, 0.717) is 0 Å². The van der Waals surface area contributed by atoms with E-state index in [1.165, 1.54) is 10.7 Å². The van der Waals surface area contributed by atoms with Crippen molar-refractivity contribution >= 4 is 6.79 Å². The van der Waals surface area contributed by atoms with E-state index in [1.54, 1.807) is 0 Å². The van der Waals surface area contributed by atoms with Crippen molar-refractivity contribution in [2.24, 2.45) is 10.7 Å². The fraction of sp³-hybridized carbons (Fsp3) is 0. The summed E-state index contributed by atoms with van der Waals surface area (Å²) in [5, 5.41) is 15.8. The molecule has 10 heavy (non-hydrogen) atoms. The van der Waals surface area contributed by atoms with Crippen molar-refractivity contribution in [3.63, 3.8) is 0 Å². The van der Waals surface area contributed by atoms with Crippen molar-refractivity contribution in [3.8, 4) is 0 Å². The number of nitrogens with zero attached hydrogens (tertiary/aromatic N) is 2. The van der Waals surface area contributed by atoms with Gasteiger partial charge in [0, 0.05) is 0 Å². The minimum Gasteiger partial charge on any atom is -1.00 e. The molecular weight excluding hydrogens is 166 g/mol. The minimum atomic E-state index is 0. The molecule has 0 radical (unpaired) electrons. The van der Waals surface area contributed by atoms with Crippen LogP contribution in [0.2, 0.25) is 0 Å². The monoisotopic (exact) mass is 172 g/mol. The van der Waals surface area contributed by atoms with E-state index < -0.39 is 0 Å². The van der Waals surface area contributed by atoms with Gasteiger partial charge in [-0.05, 0) is 0 Å². The summed E-state index contributed by atoms with van der Waals surface area (Å²) in [6.45, 7) is 2.00. The molecule has 0 spiro atoms. The maximum atomic E-state index is 8.11. The normalized spacial score (nSPS) is 2.80. The summed E-state index contributed by atoms with van der Waals surface area (Å²) < 4.78 is 0. The van der Waals surface area contributed by atoms with Crippen LogP contribution in [0.4, 0.5) is 0 Å². The summed E-state index contributed by atoms with van der Waals surface area (Å²) in [7, 11) is 0. The Kier molecular flexibility index (Phi) is 349. The van der Waals surface area contributed by atoms with Crippen molar-refractivity contribution in [3.05, 3.63) is 9.81 Å². The molecule has 0 aliphatic rings. The number of carbonyl (C=O) groups excluding carboxylic acids is 1. The van der Waals surface area contributed by atoms with Crippen molar-refractivity contribution in [2.75, 3.05) is 0 Å². The van der Waals surface area contributed by atoms with E-state index in [-0.39, 0.29) is 62.0 Å². The van der Waals surface area contributed by atoms with Gasteiger partial charge in [0.25, 0.3) is 0 Å². The zero-order valence-corrected chi connectivity index (χ0v) is 9.72. The van der Waals surface area contributed by atoms with Crippen LogP contribution in [-0.4, -0.2) is 17.2 Å². The molecular formula is CH6N2Na2O5. The summed E-state index contributed by atoms with van der Waals surface area (Å²) in [6.07, 6.45) is 0. The van der Waals surface area contributed by atoms with Crippen LogP contribution in [0.15, 0.2) is 10.7 Å². The zero-order valence-electron chi connectivity index (χ0n) is 7.72. The summed E-state index contributed by atoms with van der Waals surface area (Å²) in [6, 6.07) is 0. The smallest absolute Gasteiger partial charge is 1.00 e. The molecule has 0 aliphatic carbocycles. The third-order valence-electron chi connectivity index (χ3n) is 0. The Balaban J connectivity index is -0.00000000544. The molecule has 0 rings (SSSR count). The Hall–Kier alpha value is 0.470. The van der Waals surface area contributed by atoms with Gasteiger partial charge in [-0.25, -0.2) is 0 Å². The second-order valence-corrected chi connectivity index (χ2v) is 0.163. The van der Waals surface area contributed by atoms with Gasteiger partial charge in [-0.1, -0.05) is 0 Å². The van der Waals surface area contributed by atoms with Crippen LogP contribution in [-0.2, 0) is 4.79 Å². The van der Waals surface area contributed by atoms with Gasteiger partial charge in [0.1, 0.15) is 6.79 Å². The Morgan fingerprint density at radius 1 is 1.00 bits per heavy atom. The van der Waals surface area contributed by atoms with Crippen LogP contribution in [0.5, 0.6) is 0 Å². The molecule has 0 saturated heterocycles. The van der Waals surface area contributed by atoms with Gasteiger partial charge in [0.05, 0.1) is 0 Å². The van der Waals surface area contributed by atoms with Crippen LogP contribution in [0.1, 0.15) is 2.85 Å². The van der Waals surface area contributed by atoms with E-state index in [9.17, 15) is 0 Å². The molecule has 0 aromatic carbocycles. The summed E-state index contributed by atoms with van der Waals surface area (Å²) in [4.78, 5) is 24.2. The van der Waals surface area contributed by atoms with Crippen LogP contribution >= 0.6 is 0 Å². The Bertz CT molecular complexity index is 54.7. The number of hydrogen-bond acceptors (Lipinski definition) is 5. The number of carbonyl (C=O) groups is 1. The van der Waals surface area contributed by atoms with Gasteiger partial charge < -0.3 is 18.1 Å². The quantitative estimate of drug-likeness (QED) is 0.214. The summed E-state index contributed by atoms with van der Waals surface area (Å²) in [5.74, 6) is 0. The van der Waals surface area contributed by atoms with Gasteiger partial charge in [0.15, 0.2) is 10.7 Å². The van der Waals surface area contributed by atoms with Crippen molar-refractivity contribution in [1.82, 2.24) is 0 Å². The van der Waals surface area contributed by atoms with Crippen LogP contribution in [0.25, 0.3) is 0 Å². The maximum Gasteiger partial charge on any atom is 1.00 e. The predicted molar refractivity (Wildman–Crippen MR) is 24.5 cm³/mol. The van der Waals surface area contributed by atoms with Crippen molar-refractivity contribution < 1.29 is 77.2 Å². The molecule has 0 heterocycles. The molecule has 0 atom stereocenters. The van der Waals surface area contributed by atoms with E-state index in [0.717, 1.165) is 0 Å². The van der Waals surface area contributed by atoms with Crippen LogP contribution in [0.3, 0.4) is 0 Å². The van der Waals surface area contributed by atoms with Gasteiger partial charge in [0.2, 0.25) is 0 Å². The van der Waals surface area contributed by atoms with Gasteiger partial charge in [-0.15, -0.1) is 9.81 Å². The first-order valence-electron chi connectivity index (χ1n) is 1.05. The molecule has 0 fully saturated rings. The fourth-order valence-electron chi connectivity index (χ4n) is 0. The third-order valence-corrected chi connectivity index (χ3v) is 0. The average molecular weight is 172 g/mol. The van der Waals surface area contributed by atoms with Crippen LogP contribution in [0, 0.1) is 9.81 Å². The predicted octanol–water partition coefficient (Wildman–Crippen LogP) is -5.67. The minimum absolute atomic E-state index is 0. The van der Waals surface area contributed by atoms with Gasteiger partial charge in [-0.3, -0.25) is 0 Å². The third kappa shape index (κ3) is 2140. The topological polar surface area (TPSA) is 116 Å². The number of rotatable bonds is 0. The molecule has 52 valence electrons. The second-order valence-electron chi connectivity index (χ2n) is 0.163. The molecule has 0 aromatic heterocycles. The first kappa shape index (κ1) is 31.4. The van der Waals surface area contributed by atoms with E-state index in [1.807, 2.05) is 6.79 Å². The number of hydrogen-bond donors (Lipinski definition) is 2. The Labute approximate surface area is 104 Å². The molecule has 0 aliphatic heterocycles. The molecule has 0 aromatic rings. The van der Waals surface area contributed by atoms with Crippen molar-refractivity contribution in [2.45, 2.75) is 0 Å². The fourth-order valence-corrected chi connectivity index (χ4v) is 0. The standard InChI is InChI=1S/CH2O.2HNO2.2Na.2H/c1-2;2*2-1-3;;;;/h1H2;2*(H,2,3);;;;/q;;;2*+1;2*-1. The largest absolute Gasteiger partial charge is 1.00 e. The van der Waals surface area contributed by atoms with E-state index in [2.05, 4.69) is 0 Å². The molecule has 0 bridgehead atoms. The second kappa shape index (κ2) is 111. The molecule has 7 nitrogen and oxygen atoms in total. The Morgan fingerprint density at radius 2 is 1.00 bits per heavy atom. The summed E-state index contributed by atoms with van der Waals surface area (Å²) in [5.41, 5.74) is 0. The molecule has 9 heteroatoms. The van der Waals surface area contributed by atoms with E-state index in [4.69, 9.17) is 25.0 Å².